The highest BCUT2D eigenvalue weighted by Crippen LogP contribution is 2.33. The van der Waals surface area contributed by atoms with E-state index >= 15 is 0 Å². The third-order valence-corrected chi connectivity index (χ3v) is 5.28. The van der Waals surface area contributed by atoms with Crippen LogP contribution < -0.4 is 14.2 Å². The number of carbonyl (C=O) groups excluding carboxylic acids is 1. The fraction of sp³-hybridized carbons (Fsp3) is 0.500. The van der Waals surface area contributed by atoms with Gasteiger partial charge in [0.1, 0.15) is 0 Å². The van der Waals surface area contributed by atoms with E-state index in [0.29, 0.717) is 18.0 Å². The van der Waals surface area contributed by atoms with Gasteiger partial charge >= 0.3 is 0 Å². The highest BCUT2D eigenvalue weighted by molar-refractivity contribution is 7.89. The molecule has 8 heteroatoms. The number of amides is 1. The van der Waals surface area contributed by atoms with E-state index in [0.717, 1.165) is 0 Å². The summed E-state index contributed by atoms with van der Waals surface area (Å²) in [5, 5.41) is 0. The number of nitrogens with zero attached hydrogens (tertiary/aromatic N) is 1. The maximum Gasteiger partial charge on any atom is 0.241 e. The van der Waals surface area contributed by atoms with Gasteiger partial charge in [-0.3, -0.25) is 4.79 Å². The number of benzene rings is 1. The largest absolute Gasteiger partial charge is 0.454 e. The Bertz CT molecular complexity index is 701. The summed E-state index contributed by atoms with van der Waals surface area (Å²) >= 11 is 0. The molecule has 0 aliphatic carbocycles. The van der Waals surface area contributed by atoms with Crippen LogP contribution in [0.25, 0.3) is 0 Å². The van der Waals surface area contributed by atoms with Crippen LogP contribution in [0.3, 0.4) is 0 Å². The van der Waals surface area contributed by atoms with E-state index in [-0.39, 0.29) is 30.1 Å². The van der Waals surface area contributed by atoms with Gasteiger partial charge in [0.15, 0.2) is 11.5 Å². The third kappa shape index (κ3) is 2.76. The van der Waals surface area contributed by atoms with Gasteiger partial charge in [-0.15, -0.1) is 0 Å². The van der Waals surface area contributed by atoms with Crippen LogP contribution in [0.4, 0.5) is 0 Å². The molecule has 120 valence electrons. The zero-order chi connectivity index (χ0) is 15.9. The normalized spacial score (nSPS) is 21.0. The number of sulfonamides is 1. The molecule has 0 radical (unpaired) electrons. The molecular weight excluding hydrogens is 308 g/mol. The van der Waals surface area contributed by atoms with Crippen molar-refractivity contribution in [2.45, 2.75) is 37.2 Å². The lowest BCUT2D eigenvalue weighted by molar-refractivity contribution is -0.129. The predicted molar refractivity (Wildman–Crippen MR) is 78.1 cm³/mol. The molecule has 1 N–H and O–H groups in total. The van der Waals surface area contributed by atoms with Gasteiger partial charge in [-0.1, -0.05) is 0 Å². The molecule has 2 aliphatic heterocycles. The summed E-state index contributed by atoms with van der Waals surface area (Å²) < 4.78 is 37.8. The summed E-state index contributed by atoms with van der Waals surface area (Å²) in [6, 6.07) is 4.11. The molecule has 3 rings (SSSR count). The lowest BCUT2D eigenvalue weighted by Crippen LogP contribution is -2.38. The van der Waals surface area contributed by atoms with Crippen molar-refractivity contribution in [1.29, 1.82) is 0 Å². The maximum absolute atomic E-state index is 12.4. The molecule has 1 unspecified atom stereocenters. The predicted octanol–water partition coefficient (Wildman–Crippen LogP) is 0.703. The minimum atomic E-state index is -3.70. The van der Waals surface area contributed by atoms with Crippen LogP contribution in [0.15, 0.2) is 23.1 Å². The smallest absolute Gasteiger partial charge is 0.241 e. The summed E-state index contributed by atoms with van der Waals surface area (Å²) in [5.41, 5.74) is 0. The van der Waals surface area contributed by atoms with Crippen molar-refractivity contribution in [3.8, 4) is 11.5 Å². The summed E-state index contributed by atoms with van der Waals surface area (Å²) in [6.45, 7) is 4.30. The summed E-state index contributed by atoms with van der Waals surface area (Å²) in [6.07, 6.45) is 0.183. The maximum atomic E-state index is 12.4. The highest BCUT2D eigenvalue weighted by Gasteiger charge is 2.34. The standard InChI is InChI=1S/C14H18N2O5S/c1-9(2)16-7-10(5-14(16)17)15-22(18,19)11-3-4-12-13(6-11)21-8-20-12/h3-4,6,9-10,15H,5,7-8H2,1-2H3. The monoisotopic (exact) mass is 326 g/mol. The van der Waals surface area contributed by atoms with E-state index in [1.165, 1.54) is 12.1 Å². The van der Waals surface area contributed by atoms with Crippen LogP contribution in [0.2, 0.25) is 0 Å². The molecule has 0 aromatic heterocycles. The first kappa shape index (κ1) is 15.1. The van der Waals surface area contributed by atoms with Gasteiger partial charge in [-0.2, -0.15) is 0 Å². The van der Waals surface area contributed by atoms with Gasteiger partial charge in [0.05, 0.1) is 4.90 Å². The third-order valence-electron chi connectivity index (χ3n) is 3.76. The molecule has 0 bridgehead atoms. The van der Waals surface area contributed by atoms with Crippen LogP contribution in [0, 0.1) is 0 Å². The first-order chi connectivity index (χ1) is 10.4. The molecule has 1 aromatic carbocycles. The second-order valence-electron chi connectivity index (χ2n) is 5.68. The zero-order valence-electron chi connectivity index (χ0n) is 12.4. The Morgan fingerprint density at radius 2 is 2.00 bits per heavy atom. The topological polar surface area (TPSA) is 84.9 Å². The lowest BCUT2D eigenvalue weighted by atomic mass is 10.3. The van der Waals surface area contributed by atoms with E-state index in [1.54, 1.807) is 11.0 Å². The van der Waals surface area contributed by atoms with E-state index in [9.17, 15) is 13.2 Å². The quantitative estimate of drug-likeness (QED) is 0.880. The molecule has 1 aromatic rings. The number of likely N-dealkylation sites (tertiary alicyclic amines) is 1. The average molecular weight is 326 g/mol. The Labute approximate surface area is 129 Å². The molecule has 1 fully saturated rings. The number of hydrogen-bond donors (Lipinski definition) is 1. The minimum absolute atomic E-state index is 0.0339. The Morgan fingerprint density at radius 3 is 2.68 bits per heavy atom. The lowest BCUT2D eigenvalue weighted by Gasteiger charge is -2.21. The Morgan fingerprint density at radius 1 is 1.27 bits per heavy atom. The van der Waals surface area contributed by atoms with E-state index in [4.69, 9.17) is 9.47 Å². The number of carbonyl (C=O) groups is 1. The van der Waals surface area contributed by atoms with Gasteiger partial charge < -0.3 is 14.4 Å². The molecule has 22 heavy (non-hydrogen) atoms. The second kappa shape index (κ2) is 5.44. The van der Waals surface area contributed by atoms with Crippen LogP contribution in [-0.2, 0) is 14.8 Å². The first-order valence-corrected chi connectivity index (χ1v) is 8.56. The second-order valence-corrected chi connectivity index (χ2v) is 7.39. The van der Waals surface area contributed by atoms with E-state index in [2.05, 4.69) is 4.72 Å². The zero-order valence-corrected chi connectivity index (χ0v) is 13.2. The van der Waals surface area contributed by atoms with Gasteiger partial charge in [0, 0.05) is 31.1 Å². The average Bonchev–Trinajstić information content (AvgIpc) is 3.03. The molecule has 1 amide bonds. The van der Waals surface area contributed by atoms with Gasteiger partial charge in [0.2, 0.25) is 22.7 Å². The van der Waals surface area contributed by atoms with Crippen molar-refractivity contribution < 1.29 is 22.7 Å². The fourth-order valence-electron chi connectivity index (χ4n) is 2.64. The SMILES string of the molecule is CC(C)N1CC(NS(=O)(=O)c2ccc3c(c2)OCO3)CC1=O. The minimum Gasteiger partial charge on any atom is -0.454 e. The van der Waals surface area contributed by atoms with Crippen molar-refractivity contribution in [2.24, 2.45) is 0 Å². The summed E-state index contributed by atoms with van der Waals surface area (Å²) in [7, 11) is -3.70. The molecule has 2 aliphatic rings. The fourth-order valence-corrected chi connectivity index (χ4v) is 3.88. The first-order valence-electron chi connectivity index (χ1n) is 7.08. The van der Waals surface area contributed by atoms with Crippen molar-refractivity contribution >= 4 is 15.9 Å². The van der Waals surface area contributed by atoms with Crippen LogP contribution in [-0.4, -0.2) is 44.6 Å². The van der Waals surface area contributed by atoms with Crippen LogP contribution in [0.1, 0.15) is 20.3 Å². The number of nitrogens with one attached hydrogen (secondary N) is 1. The summed E-state index contributed by atoms with van der Waals surface area (Å²) in [5.74, 6) is 0.906. The van der Waals surface area contributed by atoms with Gasteiger partial charge in [-0.25, -0.2) is 13.1 Å². The number of hydrogen-bond acceptors (Lipinski definition) is 5. The molecule has 0 spiro atoms. The molecule has 2 heterocycles. The van der Waals surface area contributed by atoms with E-state index < -0.39 is 16.1 Å². The molecular formula is C14H18N2O5S. The molecule has 0 saturated carbocycles. The molecule has 7 nitrogen and oxygen atoms in total. The summed E-state index contributed by atoms with van der Waals surface area (Å²) in [4.78, 5) is 13.6. The van der Waals surface area contributed by atoms with Gasteiger partial charge in [-0.05, 0) is 26.0 Å². The molecule has 1 atom stereocenters. The van der Waals surface area contributed by atoms with Gasteiger partial charge in [0.25, 0.3) is 0 Å². The van der Waals surface area contributed by atoms with E-state index in [1.807, 2.05) is 13.8 Å². The van der Waals surface area contributed by atoms with Crippen LogP contribution >= 0.6 is 0 Å². The van der Waals surface area contributed by atoms with Crippen molar-refractivity contribution in [3.05, 3.63) is 18.2 Å². The van der Waals surface area contributed by atoms with Crippen molar-refractivity contribution in [3.63, 3.8) is 0 Å². The Hall–Kier alpha value is -1.80. The van der Waals surface area contributed by atoms with Crippen molar-refractivity contribution in [2.75, 3.05) is 13.3 Å². The number of fused-ring (bicyclic) bond motifs is 1. The molecule has 1 saturated heterocycles. The highest BCUT2D eigenvalue weighted by atomic mass is 32.2. The Kier molecular flexibility index (Phi) is 3.73. The number of rotatable bonds is 4. The van der Waals surface area contributed by atoms with Crippen molar-refractivity contribution in [1.82, 2.24) is 9.62 Å². The number of ether oxygens (including phenoxy) is 2. The Balaban J connectivity index is 1.76. The van der Waals surface area contributed by atoms with Crippen LogP contribution in [0.5, 0.6) is 11.5 Å².